The Morgan fingerprint density at radius 3 is 1.79 bits per heavy atom. The van der Waals surface area contributed by atoms with Gasteiger partial charge in [-0.15, -0.1) is 22.7 Å². The molecule has 0 bridgehead atoms. The van der Waals surface area contributed by atoms with E-state index >= 15 is 0 Å². The topological polar surface area (TPSA) is 25.8 Å². The molecule has 0 saturated heterocycles. The highest BCUT2D eigenvalue weighted by atomic mass is 33.1. The summed E-state index contributed by atoms with van der Waals surface area (Å²) in [7, 11) is 3.68. The van der Waals surface area contributed by atoms with Gasteiger partial charge in [-0.2, -0.15) is 0 Å². The second-order valence-corrected chi connectivity index (χ2v) is 6.80. The highest BCUT2D eigenvalue weighted by Gasteiger charge is 1.98. The van der Waals surface area contributed by atoms with Gasteiger partial charge in [-0.25, -0.2) is 9.97 Å². The summed E-state index contributed by atoms with van der Waals surface area (Å²) in [5.74, 6) is 1.99. The maximum absolute atomic E-state index is 4.22. The van der Waals surface area contributed by atoms with E-state index in [-0.39, 0.29) is 0 Å². The van der Waals surface area contributed by atoms with Crippen molar-refractivity contribution in [3.8, 4) is 0 Å². The normalized spacial score (nSPS) is 10.6. The lowest BCUT2D eigenvalue weighted by atomic mass is 10.8. The molecule has 0 saturated carbocycles. The molecule has 0 aromatic carbocycles. The summed E-state index contributed by atoms with van der Waals surface area (Å²) < 4.78 is 0. The van der Waals surface area contributed by atoms with Gasteiger partial charge in [0.25, 0.3) is 0 Å². The first kappa shape index (κ1) is 10.5. The second-order valence-electron chi connectivity index (χ2n) is 2.38. The second kappa shape index (κ2) is 5.75. The van der Waals surface area contributed by atoms with Crippen molar-refractivity contribution in [2.45, 2.75) is 11.5 Å². The van der Waals surface area contributed by atoms with E-state index in [0.29, 0.717) is 0 Å². The molecule has 74 valence electrons. The number of thiazole rings is 2. The largest absolute Gasteiger partial charge is 0.249 e. The molecule has 2 aromatic heterocycles. The van der Waals surface area contributed by atoms with E-state index < -0.39 is 0 Å². The molecule has 2 heterocycles. The highest BCUT2D eigenvalue weighted by Crippen LogP contribution is 2.30. The molecule has 14 heavy (non-hydrogen) atoms. The highest BCUT2D eigenvalue weighted by molar-refractivity contribution is 8.76. The van der Waals surface area contributed by atoms with Crippen molar-refractivity contribution in [3.63, 3.8) is 0 Å². The molecule has 0 aliphatic carbocycles. The molecule has 0 spiro atoms. The van der Waals surface area contributed by atoms with Crippen LogP contribution in [0.1, 0.15) is 10.0 Å². The Kier molecular flexibility index (Phi) is 4.30. The first-order valence-electron chi connectivity index (χ1n) is 3.96. The van der Waals surface area contributed by atoms with E-state index in [1.807, 2.05) is 44.7 Å². The zero-order valence-corrected chi connectivity index (χ0v) is 10.5. The van der Waals surface area contributed by atoms with Crippen LogP contribution in [-0.2, 0) is 11.5 Å². The molecular formula is C8H8N2S4. The van der Waals surface area contributed by atoms with Crippen LogP contribution in [0.25, 0.3) is 0 Å². The first-order valence-corrected chi connectivity index (χ1v) is 8.21. The van der Waals surface area contributed by atoms with Gasteiger partial charge < -0.3 is 0 Å². The van der Waals surface area contributed by atoms with Crippen LogP contribution >= 0.6 is 44.3 Å². The number of hydrogen-bond acceptors (Lipinski definition) is 6. The summed E-state index contributed by atoms with van der Waals surface area (Å²) in [6.07, 6.45) is 3.71. The van der Waals surface area contributed by atoms with Gasteiger partial charge in [-0.05, 0) is 0 Å². The average Bonchev–Trinajstić information content (AvgIpc) is 2.86. The van der Waals surface area contributed by atoms with E-state index in [4.69, 9.17) is 0 Å². The first-order chi connectivity index (χ1) is 6.95. The summed E-state index contributed by atoms with van der Waals surface area (Å²) in [4.78, 5) is 8.44. The van der Waals surface area contributed by atoms with Gasteiger partial charge in [0.15, 0.2) is 0 Å². The van der Waals surface area contributed by atoms with Crippen molar-refractivity contribution in [1.82, 2.24) is 9.97 Å². The molecule has 6 heteroatoms. The predicted octanol–water partition coefficient (Wildman–Crippen LogP) is 3.68. The molecule has 0 radical (unpaired) electrons. The minimum atomic E-state index is 0.994. The molecule has 0 aliphatic heterocycles. The van der Waals surface area contributed by atoms with Crippen LogP contribution in [0.3, 0.4) is 0 Å². The fraction of sp³-hybridized carbons (Fsp3) is 0.250. The Bertz CT molecular complexity index is 307. The van der Waals surface area contributed by atoms with E-state index in [0.717, 1.165) is 11.5 Å². The molecule has 0 amide bonds. The van der Waals surface area contributed by atoms with Gasteiger partial charge in [0.2, 0.25) is 0 Å². The monoisotopic (exact) mass is 260 g/mol. The summed E-state index contributed by atoms with van der Waals surface area (Å²) in [5.41, 5.74) is 0. The van der Waals surface area contributed by atoms with E-state index in [2.05, 4.69) is 9.97 Å². The fourth-order valence-corrected chi connectivity index (χ4v) is 4.67. The van der Waals surface area contributed by atoms with Crippen molar-refractivity contribution < 1.29 is 0 Å². The molecule has 0 N–H and O–H groups in total. The van der Waals surface area contributed by atoms with E-state index in [9.17, 15) is 0 Å². The lowest BCUT2D eigenvalue weighted by molar-refractivity contribution is 1.27. The number of hydrogen-bond donors (Lipinski definition) is 0. The van der Waals surface area contributed by atoms with Gasteiger partial charge in [0, 0.05) is 23.2 Å². The summed E-state index contributed by atoms with van der Waals surface area (Å²) in [6, 6.07) is 0. The molecule has 0 aliphatic rings. The van der Waals surface area contributed by atoms with Crippen molar-refractivity contribution in [2.75, 3.05) is 0 Å². The van der Waals surface area contributed by atoms with Crippen molar-refractivity contribution in [2.24, 2.45) is 0 Å². The molecule has 0 unspecified atom stereocenters. The summed E-state index contributed by atoms with van der Waals surface area (Å²) in [6.45, 7) is 0. The molecule has 0 fully saturated rings. The van der Waals surface area contributed by atoms with Crippen LogP contribution in [0.5, 0.6) is 0 Å². The Morgan fingerprint density at radius 1 is 0.929 bits per heavy atom. The zero-order chi connectivity index (χ0) is 9.64. The quantitative estimate of drug-likeness (QED) is 0.605. The standard InChI is InChI=1S/C8H8N2S4/c1-3-11-7(9-1)5-13-14-6-8-10-2-4-12-8/h1-4H,5-6H2. The average molecular weight is 260 g/mol. The minimum Gasteiger partial charge on any atom is -0.249 e. The van der Waals surface area contributed by atoms with E-state index in [1.165, 1.54) is 10.0 Å². The summed E-state index contributed by atoms with van der Waals surface area (Å²) in [5, 5.41) is 6.42. The van der Waals surface area contributed by atoms with Gasteiger partial charge in [-0.3, -0.25) is 0 Å². The Morgan fingerprint density at radius 2 is 1.43 bits per heavy atom. The third kappa shape index (κ3) is 3.27. The molecule has 2 rings (SSSR count). The third-order valence-corrected chi connectivity index (χ3v) is 5.50. The van der Waals surface area contributed by atoms with Crippen LogP contribution in [-0.4, -0.2) is 9.97 Å². The number of aromatic nitrogens is 2. The van der Waals surface area contributed by atoms with Crippen LogP contribution in [0.15, 0.2) is 23.2 Å². The lowest BCUT2D eigenvalue weighted by Crippen LogP contribution is -1.76. The van der Waals surface area contributed by atoms with Gasteiger partial charge in [-0.1, -0.05) is 21.6 Å². The summed E-state index contributed by atoms with van der Waals surface area (Å²) >= 11 is 3.43. The Labute approximate surface area is 98.6 Å². The minimum absolute atomic E-state index is 0.994. The molecule has 0 atom stereocenters. The Hall–Kier alpha value is -0.0400. The lowest BCUT2D eigenvalue weighted by Gasteiger charge is -1.95. The number of rotatable bonds is 5. The third-order valence-electron chi connectivity index (χ3n) is 1.42. The molecular weight excluding hydrogens is 252 g/mol. The fourth-order valence-electron chi connectivity index (χ4n) is 0.833. The maximum atomic E-state index is 4.22. The predicted molar refractivity (Wildman–Crippen MR) is 66.8 cm³/mol. The van der Waals surface area contributed by atoms with Gasteiger partial charge in [0.1, 0.15) is 10.0 Å². The maximum Gasteiger partial charge on any atom is 0.103 e. The van der Waals surface area contributed by atoms with Crippen LogP contribution < -0.4 is 0 Å². The van der Waals surface area contributed by atoms with Crippen molar-refractivity contribution in [1.29, 1.82) is 0 Å². The van der Waals surface area contributed by atoms with Crippen molar-refractivity contribution in [3.05, 3.63) is 33.2 Å². The zero-order valence-electron chi connectivity index (χ0n) is 7.25. The molecule has 2 aromatic rings. The molecule has 2 nitrogen and oxygen atoms in total. The Balaban J connectivity index is 1.65. The van der Waals surface area contributed by atoms with Crippen molar-refractivity contribution >= 4 is 44.3 Å². The number of nitrogens with zero attached hydrogens (tertiary/aromatic N) is 2. The van der Waals surface area contributed by atoms with Gasteiger partial charge in [0.05, 0.1) is 11.5 Å². The van der Waals surface area contributed by atoms with E-state index in [1.54, 1.807) is 22.7 Å². The SMILES string of the molecule is c1csc(CSSCc2nccs2)n1. The van der Waals surface area contributed by atoms with Crippen LogP contribution in [0.2, 0.25) is 0 Å². The van der Waals surface area contributed by atoms with Crippen LogP contribution in [0, 0.1) is 0 Å². The van der Waals surface area contributed by atoms with Gasteiger partial charge >= 0.3 is 0 Å². The van der Waals surface area contributed by atoms with Crippen LogP contribution in [0.4, 0.5) is 0 Å². The smallest absolute Gasteiger partial charge is 0.103 e.